The van der Waals surface area contributed by atoms with Gasteiger partial charge in [0.15, 0.2) is 0 Å². The molecule has 2 amide bonds. The molecule has 1 N–H and O–H groups in total. The number of benzene rings is 2. The fourth-order valence-electron chi connectivity index (χ4n) is 3.27. The molecule has 28 heavy (non-hydrogen) atoms. The summed E-state index contributed by atoms with van der Waals surface area (Å²) in [6.45, 7) is 9.40. The fraction of sp³-hybridized carbons (Fsp3) is 0.409. The van der Waals surface area contributed by atoms with E-state index in [9.17, 15) is 4.79 Å². The second-order valence-corrected chi connectivity index (χ2v) is 6.97. The number of amides is 2. The van der Waals surface area contributed by atoms with Crippen LogP contribution < -0.4 is 19.7 Å². The van der Waals surface area contributed by atoms with Gasteiger partial charge in [-0.3, -0.25) is 0 Å². The first-order chi connectivity index (χ1) is 13.6. The zero-order chi connectivity index (χ0) is 19.9. The zero-order valence-electron chi connectivity index (χ0n) is 16.9. The van der Waals surface area contributed by atoms with Gasteiger partial charge in [-0.1, -0.05) is 24.3 Å². The Morgan fingerprint density at radius 2 is 1.64 bits per heavy atom. The molecule has 150 valence electrons. The molecule has 2 aromatic rings. The average Bonchev–Trinajstić information content (AvgIpc) is 2.70. The molecule has 0 aromatic heterocycles. The van der Waals surface area contributed by atoms with Gasteiger partial charge in [-0.15, -0.1) is 0 Å². The van der Waals surface area contributed by atoms with Crippen LogP contribution in [0.3, 0.4) is 0 Å². The molecule has 0 saturated carbocycles. The molecule has 0 atom stereocenters. The largest absolute Gasteiger partial charge is 0.492 e. The quantitative estimate of drug-likeness (QED) is 0.811. The second kappa shape index (κ2) is 9.35. The Labute approximate surface area is 167 Å². The zero-order valence-corrected chi connectivity index (χ0v) is 16.9. The van der Waals surface area contributed by atoms with Gasteiger partial charge in [-0.2, -0.15) is 0 Å². The van der Waals surface area contributed by atoms with Crippen LogP contribution in [0.4, 0.5) is 16.2 Å². The lowest BCUT2D eigenvalue weighted by molar-refractivity contribution is 0.207. The fourth-order valence-corrected chi connectivity index (χ4v) is 3.27. The van der Waals surface area contributed by atoms with E-state index in [2.05, 4.69) is 16.3 Å². The number of para-hydroxylation sites is 4. The topological polar surface area (TPSA) is 54.0 Å². The summed E-state index contributed by atoms with van der Waals surface area (Å²) in [6, 6.07) is 15.5. The van der Waals surface area contributed by atoms with Crippen LogP contribution in [0.2, 0.25) is 0 Å². The van der Waals surface area contributed by atoms with Gasteiger partial charge < -0.3 is 24.6 Å². The number of rotatable bonds is 6. The molecule has 1 aliphatic rings. The Morgan fingerprint density at radius 1 is 1.00 bits per heavy atom. The summed E-state index contributed by atoms with van der Waals surface area (Å²) in [5.41, 5.74) is 1.78. The highest BCUT2D eigenvalue weighted by atomic mass is 16.5. The molecular weight excluding hydrogens is 354 g/mol. The lowest BCUT2D eigenvalue weighted by Gasteiger charge is -2.36. The lowest BCUT2D eigenvalue weighted by atomic mass is 10.2. The molecular formula is C22H29N3O3. The number of piperazine rings is 1. The Kier molecular flexibility index (Phi) is 6.63. The van der Waals surface area contributed by atoms with Crippen LogP contribution in [0.15, 0.2) is 48.5 Å². The van der Waals surface area contributed by atoms with E-state index in [1.807, 2.05) is 68.1 Å². The van der Waals surface area contributed by atoms with Crippen LogP contribution in [0, 0.1) is 0 Å². The molecule has 0 radical (unpaired) electrons. The van der Waals surface area contributed by atoms with Gasteiger partial charge in [0.1, 0.15) is 11.5 Å². The number of carbonyl (C=O) groups is 1. The molecule has 1 saturated heterocycles. The molecule has 0 spiro atoms. The molecule has 0 aliphatic carbocycles. The van der Waals surface area contributed by atoms with Crippen LogP contribution in [0.25, 0.3) is 0 Å². The van der Waals surface area contributed by atoms with Crippen LogP contribution >= 0.6 is 0 Å². The number of hydrogen-bond donors (Lipinski definition) is 1. The summed E-state index contributed by atoms with van der Waals surface area (Å²) in [4.78, 5) is 16.8. The lowest BCUT2D eigenvalue weighted by Crippen LogP contribution is -2.50. The van der Waals surface area contributed by atoms with E-state index in [0.29, 0.717) is 31.1 Å². The maximum absolute atomic E-state index is 12.7. The van der Waals surface area contributed by atoms with Crippen LogP contribution in [-0.4, -0.2) is 49.8 Å². The summed E-state index contributed by atoms with van der Waals surface area (Å²) in [5, 5.41) is 2.99. The third-order valence-electron chi connectivity index (χ3n) is 4.56. The van der Waals surface area contributed by atoms with Crippen LogP contribution in [0.5, 0.6) is 11.5 Å². The normalized spacial score (nSPS) is 14.1. The number of nitrogens with zero attached hydrogens (tertiary/aromatic N) is 2. The summed E-state index contributed by atoms with van der Waals surface area (Å²) in [7, 11) is 0. The van der Waals surface area contributed by atoms with E-state index in [4.69, 9.17) is 9.47 Å². The highest BCUT2D eigenvalue weighted by Gasteiger charge is 2.23. The van der Waals surface area contributed by atoms with Crippen molar-refractivity contribution in [2.24, 2.45) is 0 Å². The van der Waals surface area contributed by atoms with Crippen LogP contribution in [0.1, 0.15) is 20.8 Å². The van der Waals surface area contributed by atoms with Crippen molar-refractivity contribution in [3.63, 3.8) is 0 Å². The molecule has 2 aromatic carbocycles. The molecule has 0 bridgehead atoms. The molecule has 1 fully saturated rings. The number of ether oxygens (including phenoxy) is 2. The van der Waals surface area contributed by atoms with E-state index in [0.717, 1.165) is 24.5 Å². The third-order valence-corrected chi connectivity index (χ3v) is 4.56. The summed E-state index contributed by atoms with van der Waals surface area (Å²) >= 11 is 0. The predicted octanol–water partition coefficient (Wildman–Crippen LogP) is 4.23. The predicted molar refractivity (Wildman–Crippen MR) is 113 cm³/mol. The molecule has 6 nitrogen and oxygen atoms in total. The first-order valence-electron chi connectivity index (χ1n) is 9.87. The monoisotopic (exact) mass is 383 g/mol. The number of urea groups is 1. The van der Waals surface area contributed by atoms with Crippen molar-refractivity contribution in [2.75, 3.05) is 43.0 Å². The summed E-state index contributed by atoms with van der Waals surface area (Å²) in [5.74, 6) is 1.58. The highest BCUT2D eigenvalue weighted by molar-refractivity contribution is 5.91. The number of anilines is 2. The van der Waals surface area contributed by atoms with E-state index in [1.54, 1.807) is 0 Å². The van der Waals surface area contributed by atoms with E-state index in [-0.39, 0.29) is 12.1 Å². The maximum Gasteiger partial charge on any atom is 0.322 e. The first-order valence-corrected chi connectivity index (χ1v) is 9.87. The van der Waals surface area contributed by atoms with Gasteiger partial charge in [0, 0.05) is 26.2 Å². The Hall–Kier alpha value is -2.89. The van der Waals surface area contributed by atoms with Crippen molar-refractivity contribution >= 4 is 17.4 Å². The maximum atomic E-state index is 12.7. The number of hydrogen-bond acceptors (Lipinski definition) is 4. The van der Waals surface area contributed by atoms with Gasteiger partial charge in [0.2, 0.25) is 0 Å². The van der Waals surface area contributed by atoms with Crippen molar-refractivity contribution in [2.45, 2.75) is 26.9 Å². The van der Waals surface area contributed by atoms with Gasteiger partial charge in [0.05, 0.1) is 24.1 Å². The summed E-state index contributed by atoms with van der Waals surface area (Å²) < 4.78 is 11.5. The van der Waals surface area contributed by atoms with Gasteiger partial charge in [-0.25, -0.2) is 4.79 Å². The second-order valence-electron chi connectivity index (χ2n) is 6.97. The molecule has 0 unspecified atom stereocenters. The van der Waals surface area contributed by atoms with Crippen molar-refractivity contribution in [3.8, 4) is 11.5 Å². The van der Waals surface area contributed by atoms with Gasteiger partial charge in [-0.05, 0) is 45.0 Å². The van der Waals surface area contributed by atoms with Crippen molar-refractivity contribution in [1.82, 2.24) is 4.90 Å². The molecule has 3 rings (SSSR count). The van der Waals surface area contributed by atoms with Crippen molar-refractivity contribution in [3.05, 3.63) is 48.5 Å². The van der Waals surface area contributed by atoms with E-state index >= 15 is 0 Å². The minimum Gasteiger partial charge on any atom is -0.492 e. The van der Waals surface area contributed by atoms with Crippen molar-refractivity contribution < 1.29 is 14.3 Å². The Morgan fingerprint density at radius 3 is 2.32 bits per heavy atom. The van der Waals surface area contributed by atoms with Crippen molar-refractivity contribution in [1.29, 1.82) is 0 Å². The highest BCUT2D eigenvalue weighted by Crippen LogP contribution is 2.29. The van der Waals surface area contributed by atoms with E-state index in [1.165, 1.54) is 0 Å². The van der Waals surface area contributed by atoms with Crippen LogP contribution in [-0.2, 0) is 0 Å². The molecule has 1 heterocycles. The van der Waals surface area contributed by atoms with Gasteiger partial charge in [0.25, 0.3) is 0 Å². The Balaban J connectivity index is 1.61. The van der Waals surface area contributed by atoms with Gasteiger partial charge >= 0.3 is 6.03 Å². The minimum atomic E-state index is -0.0995. The van der Waals surface area contributed by atoms with E-state index < -0.39 is 0 Å². The molecule has 6 heteroatoms. The standard InChI is InChI=1S/C22H29N3O3/c1-4-27-21-12-8-6-10-19(21)24-13-15-25(16-14-24)22(26)23-18-9-5-7-11-20(18)28-17(2)3/h5-12,17H,4,13-16H2,1-3H3,(H,23,26). The SMILES string of the molecule is CCOc1ccccc1N1CCN(C(=O)Nc2ccccc2OC(C)C)CC1. The third kappa shape index (κ3) is 4.88. The number of nitrogens with one attached hydrogen (secondary N) is 1. The molecule has 1 aliphatic heterocycles. The average molecular weight is 383 g/mol. The smallest absolute Gasteiger partial charge is 0.322 e. The first kappa shape index (κ1) is 19.9. The minimum absolute atomic E-state index is 0.0482. The summed E-state index contributed by atoms with van der Waals surface area (Å²) in [6.07, 6.45) is 0.0482. The number of carbonyl (C=O) groups excluding carboxylic acids is 1. The Bertz CT molecular complexity index is 786.